The van der Waals surface area contributed by atoms with Gasteiger partial charge in [0.1, 0.15) is 0 Å². The molecule has 4 nitrogen and oxygen atoms in total. The summed E-state index contributed by atoms with van der Waals surface area (Å²) >= 11 is 6.07. The van der Waals surface area contributed by atoms with E-state index in [0.717, 1.165) is 35.8 Å². The topological polar surface area (TPSA) is 44.4 Å². The molecule has 0 radical (unpaired) electrons. The lowest BCUT2D eigenvalue weighted by atomic mass is 10.1. The maximum absolute atomic E-state index is 11.3. The molecule has 1 rings (SSSR count). The Morgan fingerprint density at radius 1 is 1.40 bits per heavy atom. The maximum atomic E-state index is 11.3. The highest BCUT2D eigenvalue weighted by Crippen LogP contribution is 2.23. The third kappa shape index (κ3) is 5.39. The van der Waals surface area contributed by atoms with Crippen molar-refractivity contribution in [2.75, 3.05) is 32.1 Å². The molecule has 0 saturated heterocycles. The summed E-state index contributed by atoms with van der Waals surface area (Å²) in [5.41, 5.74) is 2.27. The normalized spacial score (nSPS) is 10.4. The number of carbonyl (C=O) groups excluding carboxylic acids is 1. The number of rotatable bonds is 8. The molecular formula is C15H24ClN3O. The number of amides is 1. The van der Waals surface area contributed by atoms with Crippen LogP contribution in [0.25, 0.3) is 0 Å². The van der Waals surface area contributed by atoms with E-state index in [1.807, 2.05) is 25.2 Å². The molecular weight excluding hydrogens is 274 g/mol. The summed E-state index contributed by atoms with van der Waals surface area (Å²) in [6.07, 6.45) is 1.58. The Morgan fingerprint density at radius 2 is 2.15 bits per heavy atom. The van der Waals surface area contributed by atoms with Gasteiger partial charge in [0.2, 0.25) is 5.91 Å². The van der Waals surface area contributed by atoms with E-state index in [1.165, 1.54) is 0 Å². The van der Waals surface area contributed by atoms with Crippen LogP contribution in [-0.2, 0) is 11.3 Å². The lowest BCUT2D eigenvalue weighted by Gasteiger charge is -2.22. The first-order valence-corrected chi connectivity index (χ1v) is 7.37. The molecule has 0 atom stereocenters. The number of carbonyl (C=O) groups is 1. The van der Waals surface area contributed by atoms with Gasteiger partial charge in [0.05, 0.1) is 0 Å². The Bertz CT molecular complexity index is 437. The van der Waals surface area contributed by atoms with Crippen molar-refractivity contribution in [3.63, 3.8) is 0 Å². The molecule has 0 aliphatic heterocycles. The van der Waals surface area contributed by atoms with Crippen LogP contribution in [0.1, 0.15) is 25.3 Å². The molecule has 0 fully saturated rings. The van der Waals surface area contributed by atoms with Crippen LogP contribution < -0.4 is 15.5 Å². The Balaban J connectivity index is 2.73. The van der Waals surface area contributed by atoms with Crippen molar-refractivity contribution in [3.05, 3.63) is 28.8 Å². The number of halogens is 1. The number of nitrogens with one attached hydrogen (secondary N) is 2. The van der Waals surface area contributed by atoms with Gasteiger partial charge >= 0.3 is 0 Å². The quantitative estimate of drug-likeness (QED) is 0.724. The summed E-state index contributed by atoms with van der Waals surface area (Å²) in [7, 11) is 3.65. The third-order valence-electron chi connectivity index (χ3n) is 3.15. The molecule has 0 heterocycles. The molecule has 0 aromatic heterocycles. The van der Waals surface area contributed by atoms with Crippen molar-refractivity contribution in [1.29, 1.82) is 0 Å². The zero-order valence-corrected chi connectivity index (χ0v) is 13.3. The average Bonchev–Trinajstić information content (AvgIpc) is 2.44. The molecule has 0 bridgehead atoms. The van der Waals surface area contributed by atoms with Crippen LogP contribution >= 0.6 is 11.6 Å². The molecule has 5 heteroatoms. The predicted molar refractivity (Wildman–Crippen MR) is 85.4 cm³/mol. The molecule has 0 unspecified atom stereocenters. The molecule has 112 valence electrons. The molecule has 0 spiro atoms. The van der Waals surface area contributed by atoms with Gasteiger partial charge < -0.3 is 15.5 Å². The van der Waals surface area contributed by atoms with Crippen LogP contribution in [0.5, 0.6) is 0 Å². The molecule has 0 aliphatic carbocycles. The summed E-state index contributed by atoms with van der Waals surface area (Å²) in [6, 6.07) is 5.88. The minimum atomic E-state index is 0.0523. The summed E-state index contributed by atoms with van der Waals surface area (Å²) in [5.74, 6) is 0.0523. The minimum absolute atomic E-state index is 0.0523. The standard InChI is InChI=1S/C15H24ClN3O/c1-4-8-18-11-12-10-13(16)5-6-14(12)19(3)9-7-15(20)17-2/h5-6,10,18H,4,7-9,11H2,1-3H3,(H,17,20). The van der Waals surface area contributed by atoms with Gasteiger partial charge in [-0.1, -0.05) is 18.5 Å². The van der Waals surface area contributed by atoms with E-state index >= 15 is 0 Å². The van der Waals surface area contributed by atoms with Gasteiger partial charge in [-0.2, -0.15) is 0 Å². The molecule has 1 amide bonds. The summed E-state index contributed by atoms with van der Waals surface area (Å²) in [6.45, 7) is 4.59. The van der Waals surface area contributed by atoms with Crippen LogP contribution in [-0.4, -0.2) is 33.1 Å². The summed E-state index contributed by atoms with van der Waals surface area (Å²) < 4.78 is 0. The minimum Gasteiger partial charge on any atom is -0.374 e. The van der Waals surface area contributed by atoms with Crippen molar-refractivity contribution in [1.82, 2.24) is 10.6 Å². The lowest BCUT2D eigenvalue weighted by molar-refractivity contribution is -0.120. The van der Waals surface area contributed by atoms with Gasteiger partial charge in [-0.05, 0) is 36.7 Å². The van der Waals surface area contributed by atoms with E-state index in [0.29, 0.717) is 13.0 Å². The number of nitrogens with zero attached hydrogens (tertiary/aromatic N) is 1. The van der Waals surface area contributed by atoms with Gasteiger partial charge in [0, 0.05) is 44.3 Å². The second-order valence-corrected chi connectivity index (χ2v) is 5.23. The number of hydrogen-bond acceptors (Lipinski definition) is 3. The van der Waals surface area contributed by atoms with E-state index in [2.05, 4.69) is 22.5 Å². The average molecular weight is 298 g/mol. The Labute approximate surface area is 126 Å². The molecule has 1 aromatic carbocycles. The molecule has 0 saturated carbocycles. The third-order valence-corrected chi connectivity index (χ3v) is 3.38. The van der Waals surface area contributed by atoms with Crippen molar-refractivity contribution in [3.8, 4) is 0 Å². The summed E-state index contributed by atoms with van der Waals surface area (Å²) in [4.78, 5) is 13.4. The van der Waals surface area contributed by atoms with Crippen LogP contribution in [0.4, 0.5) is 5.69 Å². The molecule has 0 aliphatic rings. The Kier molecular flexibility index (Phi) is 7.41. The van der Waals surface area contributed by atoms with Gasteiger partial charge in [-0.25, -0.2) is 0 Å². The van der Waals surface area contributed by atoms with Crippen LogP contribution in [0, 0.1) is 0 Å². The van der Waals surface area contributed by atoms with Crippen molar-refractivity contribution in [2.45, 2.75) is 26.3 Å². The second kappa shape index (κ2) is 8.82. The molecule has 2 N–H and O–H groups in total. The number of benzene rings is 1. The van der Waals surface area contributed by atoms with Gasteiger partial charge in [-0.3, -0.25) is 4.79 Å². The largest absolute Gasteiger partial charge is 0.374 e. The van der Waals surface area contributed by atoms with E-state index < -0.39 is 0 Å². The van der Waals surface area contributed by atoms with Crippen molar-refractivity contribution in [2.24, 2.45) is 0 Å². The number of hydrogen-bond donors (Lipinski definition) is 2. The monoisotopic (exact) mass is 297 g/mol. The summed E-state index contributed by atoms with van der Waals surface area (Å²) in [5, 5.41) is 6.76. The van der Waals surface area contributed by atoms with Crippen LogP contribution in [0.2, 0.25) is 5.02 Å². The van der Waals surface area contributed by atoms with Crippen molar-refractivity contribution < 1.29 is 4.79 Å². The second-order valence-electron chi connectivity index (χ2n) is 4.79. The highest BCUT2D eigenvalue weighted by Gasteiger charge is 2.09. The van der Waals surface area contributed by atoms with Crippen molar-refractivity contribution >= 4 is 23.2 Å². The van der Waals surface area contributed by atoms with E-state index in [1.54, 1.807) is 7.05 Å². The fourth-order valence-electron chi connectivity index (χ4n) is 1.98. The Morgan fingerprint density at radius 3 is 2.80 bits per heavy atom. The van der Waals surface area contributed by atoms with E-state index in [9.17, 15) is 4.79 Å². The first-order chi connectivity index (χ1) is 9.58. The first kappa shape index (κ1) is 16.8. The maximum Gasteiger partial charge on any atom is 0.221 e. The lowest BCUT2D eigenvalue weighted by Crippen LogP contribution is -2.27. The first-order valence-electron chi connectivity index (χ1n) is 6.99. The fourth-order valence-corrected chi connectivity index (χ4v) is 2.18. The van der Waals surface area contributed by atoms with Gasteiger partial charge in [-0.15, -0.1) is 0 Å². The fraction of sp³-hybridized carbons (Fsp3) is 0.533. The molecule has 1 aromatic rings. The highest BCUT2D eigenvalue weighted by atomic mass is 35.5. The predicted octanol–water partition coefficient (Wildman–Crippen LogP) is 2.41. The zero-order chi connectivity index (χ0) is 15.0. The highest BCUT2D eigenvalue weighted by molar-refractivity contribution is 6.30. The van der Waals surface area contributed by atoms with Crippen LogP contribution in [0.15, 0.2) is 18.2 Å². The van der Waals surface area contributed by atoms with Gasteiger partial charge in [0.15, 0.2) is 0 Å². The van der Waals surface area contributed by atoms with E-state index in [4.69, 9.17) is 11.6 Å². The SMILES string of the molecule is CCCNCc1cc(Cl)ccc1N(C)CCC(=O)NC. The smallest absolute Gasteiger partial charge is 0.221 e. The Hall–Kier alpha value is -1.26. The zero-order valence-electron chi connectivity index (χ0n) is 12.5. The number of anilines is 1. The molecule has 20 heavy (non-hydrogen) atoms. The van der Waals surface area contributed by atoms with Crippen LogP contribution in [0.3, 0.4) is 0 Å². The van der Waals surface area contributed by atoms with E-state index in [-0.39, 0.29) is 5.91 Å². The van der Waals surface area contributed by atoms with Gasteiger partial charge in [0.25, 0.3) is 0 Å².